The van der Waals surface area contributed by atoms with Crippen LogP contribution in [0.25, 0.3) is 0 Å². The van der Waals surface area contributed by atoms with E-state index in [0.29, 0.717) is 5.69 Å². The standard InChI is InChI=1S/C15H17N3O6S/c1-18(25(2,22)23)11-5-3-10(4-6-11)13(19)9-24-15(21)12-7-8-14(20)17-16-12/h3-6H,7-9H2,1-2H3,(H,17,20). The zero-order valence-corrected chi connectivity index (χ0v) is 14.5. The number of sulfonamides is 1. The molecule has 0 fully saturated rings. The molecule has 2 rings (SSSR count). The fourth-order valence-electron chi connectivity index (χ4n) is 1.97. The number of carbonyl (C=O) groups excluding carboxylic acids is 3. The van der Waals surface area contributed by atoms with E-state index in [1.165, 1.54) is 31.3 Å². The fourth-order valence-corrected chi connectivity index (χ4v) is 2.47. The summed E-state index contributed by atoms with van der Waals surface area (Å²) in [7, 11) is -1.99. The minimum Gasteiger partial charge on any atom is -0.453 e. The number of hydrogen-bond donors (Lipinski definition) is 1. The molecule has 0 aromatic heterocycles. The summed E-state index contributed by atoms with van der Waals surface area (Å²) in [6.45, 7) is -0.479. The van der Waals surface area contributed by atoms with Gasteiger partial charge >= 0.3 is 5.97 Å². The molecule has 134 valence electrons. The highest BCUT2D eigenvalue weighted by atomic mass is 32.2. The number of esters is 1. The van der Waals surface area contributed by atoms with Crippen LogP contribution in [-0.2, 0) is 24.3 Å². The molecule has 0 atom stereocenters. The predicted octanol–water partition coefficient (Wildman–Crippen LogP) is 0.0743. The van der Waals surface area contributed by atoms with Crippen LogP contribution >= 0.6 is 0 Å². The number of rotatable bonds is 6. The van der Waals surface area contributed by atoms with Crippen LogP contribution < -0.4 is 9.73 Å². The largest absolute Gasteiger partial charge is 0.453 e. The van der Waals surface area contributed by atoms with Crippen molar-refractivity contribution in [3.8, 4) is 0 Å². The second kappa shape index (κ2) is 7.43. The Labute approximate surface area is 144 Å². The topological polar surface area (TPSA) is 122 Å². The van der Waals surface area contributed by atoms with Gasteiger partial charge in [-0.3, -0.25) is 13.9 Å². The van der Waals surface area contributed by atoms with Crippen molar-refractivity contribution in [3.63, 3.8) is 0 Å². The first-order valence-electron chi connectivity index (χ1n) is 7.28. The van der Waals surface area contributed by atoms with Crippen LogP contribution in [0.2, 0.25) is 0 Å². The first kappa shape index (κ1) is 18.6. The average molecular weight is 367 g/mol. The first-order chi connectivity index (χ1) is 11.7. The minimum atomic E-state index is -3.39. The highest BCUT2D eigenvalue weighted by Crippen LogP contribution is 2.16. The molecule has 0 saturated carbocycles. The van der Waals surface area contributed by atoms with Crippen molar-refractivity contribution < 1.29 is 27.5 Å². The van der Waals surface area contributed by atoms with Crippen molar-refractivity contribution in [1.82, 2.24) is 5.43 Å². The molecule has 10 heteroatoms. The van der Waals surface area contributed by atoms with Gasteiger partial charge in [0, 0.05) is 25.5 Å². The Balaban J connectivity index is 1.95. The number of hydrogen-bond acceptors (Lipinski definition) is 7. The van der Waals surface area contributed by atoms with E-state index in [0.717, 1.165) is 10.6 Å². The van der Waals surface area contributed by atoms with Crippen molar-refractivity contribution in [3.05, 3.63) is 29.8 Å². The normalized spacial score (nSPS) is 14.3. The molecule has 0 aliphatic carbocycles. The van der Waals surface area contributed by atoms with Gasteiger partial charge in [-0.1, -0.05) is 0 Å². The number of anilines is 1. The Kier molecular flexibility index (Phi) is 5.52. The molecule has 1 N–H and O–H groups in total. The van der Waals surface area contributed by atoms with Crippen molar-refractivity contribution in [1.29, 1.82) is 0 Å². The summed E-state index contributed by atoms with van der Waals surface area (Å²) in [5.74, 6) is -1.49. The molecule has 1 aliphatic heterocycles. The van der Waals surface area contributed by atoms with E-state index in [1.54, 1.807) is 0 Å². The van der Waals surface area contributed by atoms with Crippen LogP contribution in [-0.4, -0.2) is 51.7 Å². The molecule has 9 nitrogen and oxygen atoms in total. The van der Waals surface area contributed by atoms with Gasteiger partial charge in [0.15, 0.2) is 12.4 Å². The van der Waals surface area contributed by atoms with Gasteiger partial charge in [-0.2, -0.15) is 5.10 Å². The van der Waals surface area contributed by atoms with Gasteiger partial charge in [0.05, 0.1) is 11.9 Å². The summed E-state index contributed by atoms with van der Waals surface area (Å²) >= 11 is 0. The molecule has 0 radical (unpaired) electrons. The lowest BCUT2D eigenvalue weighted by Gasteiger charge is -2.16. The number of ketones is 1. The third kappa shape index (κ3) is 4.86. The molecule has 0 unspecified atom stereocenters. The minimum absolute atomic E-state index is 0.0533. The molecule has 0 bridgehead atoms. The third-order valence-electron chi connectivity index (χ3n) is 3.52. The highest BCUT2D eigenvalue weighted by Gasteiger charge is 2.21. The zero-order valence-electron chi connectivity index (χ0n) is 13.7. The quantitative estimate of drug-likeness (QED) is 0.561. The average Bonchev–Trinajstić information content (AvgIpc) is 2.58. The second-order valence-electron chi connectivity index (χ2n) is 5.37. The zero-order chi connectivity index (χ0) is 18.6. The summed E-state index contributed by atoms with van der Waals surface area (Å²) in [5, 5.41) is 3.58. The number of benzene rings is 1. The van der Waals surface area contributed by atoms with Gasteiger partial charge in [-0.05, 0) is 24.3 Å². The molecular weight excluding hydrogens is 350 g/mol. The van der Waals surface area contributed by atoms with E-state index in [9.17, 15) is 22.8 Å². The Hall–Kier alpha value is -2.75. The lowest BCUT2D eigenvalue weighted by atomic mass is 10.1. The van der Waals surface area contributed by atoms with Gasteiger partial charge in [0.2, 0.25) is 15.9 Å². The second-order valence-corrected chi connectivity index (χ2v) is 7.38. The van der Waals surface area contributed by atoms with E-state index in [-0.39, 0.29) is 30.0 Å². The van der Waals surface area contributed by atoms with Crippen LogP contribution in [0.4, 0.5) is 5.69 Å². The van der Waals surface area contributed by atoms with E-state index in [1.807, 2.05) is 0 Å². The Morgan fingerprint density at radius 2 is 1.88 bits per heavy atom. The lowest BCUT2D eigenvalue weighted by Crippen LogP contribution is -2.31. The Morgan fingerprint density at radius 1 is 1.24 bits per heavy atom. The summed E-state index contributed by atoms with van der Waals surface area (Å²) in [5.41, 5.74) is 2.91. The van der Waals surface area contributed by atoms with Gasteiger partial charge in [0.25, 0.3) is 0 Å². The van der Waals surface area contributed by atoms with Crippen LogP contribution in [0.1, 0.15) is 23.2 Å². The van der Waals surface area contributed by atoms with Crippen molar-refractivity contribution in [2.45, 2.75) is 12.8 Å². The lowest BCUT2D eigenvalue weighted by molar-refractivity contribution is -0.134. The molecule has 1 amide bonds. The summed E-state index contributed by atoms with van der Waals surface area (Å²) in [6.07, 6.45) is 1.37. The van der Waals surface area contributed by atoms with E-state index in [4.69, 9.17) is 4.74 Å². The molecule has 0 spiro atoms. The van der Waals surface area contributed by atoms with Gasteiger partial charge in [-0.25, -0.2) is 18.6 Å². The summed E-state index contributed by atoms with van der Waals surface area (Å²) in [4.78, 5) is 34.8. The van der Waals surface area contributed by atoms with Crippen LogP contribution in [0.3, 0.4) is 0 Å². The molecule has 0 saturated heterocycles. The Bertz CT molecular complexity index is 829. The third-order valence-corrected chi connectivity index (χ3v) is 4.73. The Morgan fingerprint density at radius 3 is 2.40 bits per heavy atom. The summed E-state index contributed by atoms with van der Waals surface area (Å²) in [6, 6.07) is 5.87. The van der Waals surface area contributed by atoms with E-state index < -0.39 is 28.4 Å². The van der Waals surface area contributed by atoms with E-state index >= 15 is 0 Å². The number of Topliss-reactive ketones (excluding diaryl/α,β-unsaturated/α-hetero) is 1. The van der Waals surface area contributed by atoms with Crippen molar-refractivity contribution in [2.24, 2.45) is 5.10 Å². The molecule has 1 aromatic carbocycles. The van der Waals surface area contributed by atoms with Crippen molar-refractivity contribution in [2.75, 3.05) is 24.2 Å². The molecule has 25 heavy (non-hydrogen) atoms. The number of nitrogens with zero attached hydrogens (tertiary/aromatic N) is 2. The van der Waals surface area contributed by atoms with Gasteiger partial charge in [-0.15, -0.1) is 0 Å². The maximum atomic E-state index is 12.0. The fraction of sp³-hybridized carbons (Fsp3) is 0.333. The summed E-state index contributed by atoms with van der Waals surface area (Å²) < 4.78 is 28.9. The molecule has 1 aliphatic rings. The predicted molar refractivity (Wildman–Crippen MR) is 89.8 cm³/mol. The number of hydrazone groups is 1. The number of ether oxygens (including phenoxy) is 1. The van der Waals surface area contributed by atoms with E-state index in [2.05, 4.69) is 10.5 Å². The first-order valence-corrected chi connectivity index (χ1v) is 9.13. The monoisotopic (exact) mass is 367 g/mol. The van der Waals surface area contributed by atoms with Crippen molar-refractivity contribution >= 4 is 39.1 Å². The van der Waals surface area contributed by atoms with Gasteiger partial charge in [0.1, 0.15) is 5.71 Å². The van der Waals surface area contributed by atoms with Crippen LogP contribution in [0.5, 0.6) is 0 Å². The number of carbonyl (C=O) groups is 3. The van der Waals surface area contributed by atoms with Gasteiger partial charge < -0.3 is 4.74 Å². The molecule has 1 heterocycles. The number of amides is 1. The van der Waals surface area contributed by atoms with Crippen LogP contribution in [0.15, 0.2) is 29.4 Å². The maximum Gasteiger partial charge on any atom is 0.354 e. The molecular formula is C15H17N3O6S. The SMILES string of the molecule is CN(c1ccc(C(=O)COC(=O)C2=NNC(=O)CC2)cc1)S(C)(=O)=O. The van der Waals surface area contributed by atoms with Crippen LogP contribution in [0, 0.1) is 0 Å². The number of nitrogens with one attached hydrogen (secondary N) is 1. The maximum absolute atomic E-state index is 12.0. The molecule has 1 aromatic rings. The smallest absolute Gasteiger partial charge is 0.354 e. The highest BCUT2D eigenvalue weighted by molar-refractivity contribution is 7.92.